The van der Waals surface area contributed by atoms with Crippen LogP contribution in [0.15, 0.2) is 35.6 Å². The molecule has 1 aliphatic heterocycles. The molecule has 0 spiro atoms. The molecule has 2 heterocycles. The molecule has 0 amide bonds. The molecule has 0 saturated carbocycles. The van der Waals surface area contributed by atoms with Crippen LogP contribution < -0.4 is 5.73 Å². The average Bonchev–Trinajstić information content (AvgIpc) is 2.99. The van der Waals surface area contributed by atoms with Crippen molar-refractivity contribution in [3.63, 3.8) is 0 Å². The van der Waals surface area contributed by atoms with Crippen molar-refractivity contribution in [1.29, 1.82) is 0 Å². The zero-order valence-electron chi connectivity index (χ0n) is 10.7. The van der Waals surface area contributed by atoms with E-state index in [0.717, 1.165) is 41.3 Å². The standard InChI is InChI=1S/C14H17N3OS/c15-12(10-5-6-18-7-10)8-19-14-11-3-1-2-4-13(11)16-9-17-14/h1-4,9-10,12H,5-8,15H2. The van der Waals surface area contributed by atoms with Crippen molar-refractivity contribution in [2.45, 2.75) is 17.5 Å². The van der Waals surface area contributed by atoms with Gasteiger partial charge in [0.1, 0.15) is 11.4 Å². The first-order valence-electron chi connectivity index (χ1n) is 6.50. The van der Waals surface area contributed by atoms with Crippen molar-refractivity contribution < 1.29 is 4.74 Å². The Balaban J connectivity index is 1.71. The fourth-order valence-electron chi connectivity index (χ4n) is 2.30. The molecule has 1 saturated heterocycles. The van der Waals surface area contributed by atoms with Crippen LogP contribution in [0.1, 0.15) is 6.42 Å². The summed E-state index contributed by atoms with van der Waals surface area (Å²) in [5.74, 6) is 1.36. The van der Waals surface area contributed by atoms with Crippen LogP contribution in [0.2, 0.25) is 0 Å². The summed E-state index contributed by atoms with van der Waals surface area (Å²) in [6.07, 6.45) is 2.70. The van der Waals surface area contributed by atoms with Crippen LogP contribution in [0, 0.1) is 5.92 Å². The Morgan fingerprint density at radius 2 is 2.26 bits per heavy atom. The maximum absolute atomic E-state index is 6.23. The largest absolute Gasteiger partial charge is 0.381 e. The summed E-state index contributed by atoms with van der Waals surface area (Å²) in [5.41, 5.74) is 7.21. The van der Waals surface area contributed by atoms with E-state index in [1.54, 1.807) is 18.1 Å². The highest BCUT2D eigenvalue weighted by Gasteiger charge is 2.23. The van der Waals surface area contributed by atoms with Crippen molar-refractivity contribution in [1.82, 2.24) is 9.97 Å². The molecule has 0 aliphatic carbocycles. The monoisotopic (exact) mass is 275 g/mol. The van der Waals surface area contributed by atoms with E-state index in [1.165, 1.54) is 0 Å². The minimum atomic E-state index is 0.168. The van der Waals surface area contributed by atoms with Gasteiger partial charge in [0.15, 0.2) is 0 Å². The highest BCUT2D eigenvalue weighted by atomic mass is 32.2. The Labute approximate surface area is 116 Å². The lowest BCUT2D eigenvalue weighted by atomic mass is 10.0. The van der Waals surface area contributed by atoms with Gasteiger partial charge >= 0.3 is 0 Å². The third-order valence-electron chi connectivity index (χ3n) is 3.49. The van der Waals surface area contributed by atoms with Gasteiger partial charge in [0.2, 0.25) is 0 Å². The fraction of sp³-hybridized carbons (Fsp3) is 0.429. The molecule has 19 heavy (non-hydrogen) atoms. The minimum absolute atomic E-state index is 0.168. The Morgan fingerprint density at radius 1 is 1.37 bits per heavy atom. The summed E-state index contributed by atoms with van der Waals surface area (Å²) in [6, 6.07) is 8.24. The summed E-state index contributed by atoms with van der Waals surface area (Å²) in [7, 11) is 0. The van der Waals surface area contributed by atoms with Crippen molar-refractivity contribution in [2.75, 3.05) is 19.0 Å². The lowest BCUT2D eigenvalue weighted by molar-refractivity contribution is 0.182. The van der Waals surface area contributed by atoms with E-state index < -0.39 is 0 Å². The number of fused-ring (bicyclic) bond motifs is 1. The van der Waals surface area contributed by atoms with E-state index in [4.69, 9.17) is 10.5 Å². The maximum atomic E-state index is 6.23. The van der Waals surface area contributed by atoms with Crippen molar-refractivity contribution >= 4 is 22.7 Å². The predicted octanol–water partition coefficient (Wildman–Crippen LogP) is 2.09. The second-order valence-corrected chi connectivity index (χ2v) is 5.80. The molecule has 2 unspecified atom stereocenters. The van der Waals surface area contributed by atoms with Crippen molar-refractivity contribution in [2.24, 2.45) is 11.7 Å². The first-order chi connectivity index (χ1) is 9.34. The Kier molecular flexibility index (Phi) is 3.96. The molecule has 4 nitrogen and oxygen atoms in total. The third-order valence-corrected chi connectivity index (χ3v) is 4.64. The highest BCUT2D eigenvalue weighted by Crippen LogP contribution is 2.26. The predicted molar refractivity (Wildman–Crippen MR) is 77.2 cm³/mol. The zero-order valence-corrected chi connectivity index (χ0v) is 11.5. The van der Waals surface area contributed by atoms with Crippen molar-refractivity contribution in [3.8, 4) is 0 Å². The molecule has 3 rings (SSSR count). The van der Waals surface area contributed by atoms with E-state index in [2.05, 4.69) is 16.0 Å². The van der Waals surface area contributed by atoms with E-state index >= 15 is 0 Å². The van der Waals surface area contributed by atoms with E-state index in [9.17, 15) is 0 Å². The van der Waals surface area contributed by atoms with Crippen LogP contribution in [0.4, 0.5) is 0 Å². The average molecular weight is 275 g/mol. The highest BCUT2D eigenvalue weighted by molar-refractivity contribution is 7.99. The molecule has 2 N–H and O–H groups in total. The summed E-state index contributed by atoms with van der Waals surface area (Å²) < 4.78 is 5.39. The quantitative estimate of drug-likeness (QED) is 0.684. The number of benzene rings is 1. The van der Waals surface area contributed by atoms with Gasteiger partial charge in [0, 0.05) is 29.7 Å². The van der Waals surface area contributed by atoms with Gasteiger partial charge in [-0.05, 0) is 12.5 Å². The molecule has 0 radical (unpaired) electrons. The van der Waals surface area contributed by atoms with E-state index in [1.807, 2.05) is 18.2 Å². The van der Waals surface area contributed by atoms with Crippen LogP contribution in [0.3, 0.4) is 0 Å². The van der Waals surface area contributed by atoms with Gasteiger partial charge in [-0.1, -0.05) is 18.2 Å². The summed E-state index contributed by atoms with van der Waals surface area (Å²) in [6.45, 7) is 1.64. The van der Waals surface area contributed by atoms with Crippen LogP contribution in [0.5, 0.6) is 0 Å². The molecule has 0 bridgehead atoms. The van der Waals surface area contributed by atoms with E-state index in [0.29, 0.717) is 5.92 Å². The summed E-state index contributed by atoms with van der Waals surface area (Å²) in [4.78, 5) is 8.64. The van der Waals surface area contributed by atoms with Gasteiger partial charge in [0.05, 0.1) is 12.1 Å². The maximum Gasteiger partial charge on any atom is 0.117 e. The van der Waals surface area contributed by atoms with Gasteiger partial charge in [0.25, 0.3) is 0 Å². The first-order valence-corrected chi connectivity index (χ1v) is 7.49. The van der Waals surface area contributed by atoms with Crippen LogP contribution >= 0.6 is 11.8 Å². The number of rotatable bonds is 4. The number of aromatic nitrogens is 2. The lowest BCUT2D eigenvalue weighted by Gasteiger charge is -2.16. The number of nitrogens with two attached hydrogens (primary N) is 1. The Hall–Kier alpha value is -1.17. The summed E-state index contributed by atoms with van der Waals surface area (Å²) >= 11 is 1.71. The number of hydrogen-bond acceptors (Lipinski definition) is 5. The molecule has 1 aliphatic rings. The second-order valence-electron chi connectivity index (χ2n) is 4.79. The molecular formula is C14H17N3OS. The van der Waals surface area contributed by atoms with Gasteiger partial charge < -0.3 is 10.5 Å². The molecule has 1 aromatic carbocycles. The van der Waals surface area contributed by atoms with Crippen LogP contribution in [0.25, 0.3) is 10.9 Å². The number of ether oxygens (including phenoxy) is 1. The summed E-state index contributed by atoms with van der Waals surface area (Å²) in [5, 5.41) is 2.12. The molecule has 1 aromatic heterocycles. The lowest BCUT2D eigenvalue weighted by Crippen LogP contribution is -2.32. The number of nitrogens with zero attached hydrogens (tertiary/aromatic N) is 2. The topological polar surface area (TPSA) is 61.0 Å². The molecule has 2 aromatic rings. The molecule has 2 atom stereocenters. The SMILES string of the molecule is NC(CSc1ncnc2ccccc12)C1CCOC1. The number of thioether (sulfide) groups is 1. The second kappa shape index (κ2) is 5.86. The zero-order chi connectivity index (χ0) is 13.1. The normalized spacial score (nSPS) is 20.8. The van der Waals surface area contributed by atoms with Crippen LogP contribution in [-0.2, 0) is 4.74 Å². The molecule has 100 valence electrons. The van der Waals surface area contributed by atoms with Gasteiger partial charge in [-0.2, -0.15) is 0 Å². The molecule has 5 heteroatoms. The van der Waals surface area contributed by atoms with Gasteiger partial charge in [-0.3, -0.25) is 0 Å². The molecule has 1 fully saturated rings. The first kappa shape index (κ1) is 12.8. The smallest absolute Gasteiger partial charge is 0.117 e. The molecular weight excluding hydrogens is 258 g/mol. The third kappa shape index (κ3) is 2.88. The van der Waals surface area contributed by atoms with Gasteiger partial charge in [-0.15, -0.1) is 11.8 Å². The fourth-order valence-corrected chi connectivity index (χ4v) is 3.37. The number of hydrogen-bond donors (Lipinski definition) is 1. The Morgan fingerprint density at radius 3 is 3.11 bits per heavy atom. The minimum Gasteiger partial charge on any atom is -0.381 e. The Bertz CT molecular complexity index is 552. The van der Waals surface area contributed by atoms with Crippen molar-refractivity contribution in [3.05, 3.63) is 30.6 Å². The van der Waals surface area contributed by atoms with Gasteiger partial charge in [-0.25, -0.2) is 9.97 Å². The number of para-hydroxylation sites is 1. The van der Waals surface area contributed by atoms with E-state index in [-0.39, 0.29) is 6.04 Å². The van der Waals surface area contributed by atoms with Crippen LogP contribution in [-0.4, -0.2) is 35.0 Å².